The van der Waals surface area contributed by atoms with E-state index in [1.807, 2.05) is 18.0 Å². The topological polar surface area (TPSA) is 40.5 Å². The number of hydrogen-bond acceptors (Lipinski definition) is 2. The third kappa shape index (κ3) is 2.57. The lowest BCUT2D eigenvalue weighted by Crippen LogP contribution is -2.21. The molecule has 0 saturated carbocycles. The van der Waals surface area contributed by atoms with E-state index < -0.39 is 11.9 Å². The maximum absolute atomic E-state index is 11.2. The summed E-state index contributed by atoms with van der Waals surface area (Å²) in [6.07, 6.45) is 0. The minimum Gasteiger partial charge on any atom is -0.481 e. The highest BCUT2D eigenvalue weighted by Gasteiger charge is 2.37. The van der Waals surface area contributed by atoms with Crippen molar-refractivity contribution in [2.24, 2.45) is 5.92 Å². The van der Waals surface area contributed by atoms with Gasteiger partial charge < -0.3 is 10.0 Å². The fraction of sp³-hybridized carbons (Fsp3) is 0.417. The molecule has 0 unspecified atom stereocenters. The first kappa shape index (κ1) is 12.7. The summed E-state index contributed by atoms with van der Waals surface area (Å²) in [4.78, 5) is 13.2. The highest BCUT2D eigenvalue weighted by atomic mass is 35.5. The van der Waals surface area contributed by atoms with Crippen LogP contribution in [0.4, 0.5) is 0 Å². The molecule has 1 aliphatic heterocycles. The Balaban J connectivity index is 2.34. The maximum atomic E-state index is 11.2. The SMILES string of the molecule is CN1C[C@H](c2ccc(Cl)cc2Cl)[C@H](C(=O)O)C1. The largest absolute Gasteiger partial charge is 0.481 e. The van der Waals surface area contributed by atoms with Crippen LogP contribution in [0, 0.1) is 5.92 Å². The Morgan fingerprint density at radius 3 is 2.71 bits per heavy atom. The molecule has 0 radical (unpaired) electrons. The average Bonchev–Trinajstić information content (AvgIpc) is 2.60. The summed E-state index contributed by atoms with van der Waals surface area (Å²) in [5.74, 6) is -1.24. The minimum atomic E-state index is -0.773. The second kappa shape index (κ2) is 4.84. The highest BCUT2D eigenvalue weighted by molar-refractivity contribution is 6.35. The van der Waals surface area contributed by atoms with Gasteiger partial charge in [0, 0.05) is 29.1 Å². The van der Waals surface area contributed by atoms with Crippen molar-refractivity contribution in [2.75, 3.05) is 20.1 Å². The van der Waals surface area contributed by atoms with Crippen LogP contribution in [-0.2, 0) is 4.79 Å². The number of hydrogen-bond donors (Lipinski definition) is 1. The summed E-state index contributed by atoms with van der Waals surface area (Å²) in [5.41, 5.74) is 0.868. The molecule has 92 valence electrons. The van der Waals surface area contributed by atoms with Crippen LogP contribution in [0.1, 0.15) is 11.5 Å². The van der Waals surface area contributed by atoms with Crippen molar-refractivity contribution in [1.29, 1.82) is 0 Å². The van der Waals surface area contributed by atoms with E-state index >= 15 is 0 Å². The van der Waals surface area contributed by atoms with Crippen molar-refractivity contribution >= 4 is 29.2 Å². The average molecular weight is 274 g/mol. The van der Waals surface area contributed by atoms with Crippen molar-refractivity contribution < 1.29 is 9.90 Å². The second-order valence-electron chi connectivity index (χ2n) is 4.44. The summed E-state index contributed by atoms with van der Waals surface area (Å²) in [6.45, 7) is 1.26. The predicted octanol–water partition coefficient (Wildman–Crippen LogP) is 2.72. The van der Waals surface area contributed by atoms with Crippen molar-refractivity contribution in [1.82, 2.24) is 4.90 Å². The number of likely N-dealkylation sites (tertiary alicyclic amines) is 1. The van der Waals surface area contributed by atoms with E-state index in [4.69, 9.17) is 23.2 Å². The maximum Gasteiger partial charge on any atom is 0.308 e. The van der Waals surface area contributed by atoms with E-state index in [1.54, 1.807) is 12.1 Å². The summed E-state index contributed by atoms with van der Waals surface area (Å²) in [7, 11) is 1.92. The molecule has 0 aromatic heterocycles. The van der Waals surface area contributed by atoms with E-state index in [9.17, 15) is 9.90 Å². The van der Waals surface area contributed by atoms with Gasteiger partial charge in [-0.3, -0.25) is 4.79 Å². The lowest BCUT2D eigenvalue weighted by atomic mass is 9.89. The Kier molecular flexibility index (Phi) is 3.61. The van der Waals surface area contributed by atoms with Crippen LogP contribution < -0.4 is 0 Å². The first-order valence-corrected chi connectivity index (χ1v) is 6.11. The summed E-state index contributed by atoms with van der Waals surface area (Å²) in [6, 6.07) is 5.24. The second-order valence-corrected chi connectivity index (χ2v) is 5.28. The lowest BCUT2D eigenvalue weighted by Gasteiger charge is -2.16. The zero-order chi connectivity index (χ0) is 12.6. The Hall–Kier alpha value is -0.770. The third-order valence-corrected chi connectivity index (χ3v) is 3.74. The number of halogens is 2. The van der Waals surface area contributed by atoms with Crippen LogP contribution in [-0.4, -0.2) is 36.1 Å². The molecule has 3 nitrogen and oxygen atoms in total. The predicted molar refractivity (Wildman–Crippen MR) is 67.8 cm³/mol. The van der Waals surface area contributed by atoms with Crippen LogP contribution in [0.2, 0.25) is 10.0 Å². The molecule has 5 heteroatoms. The van der Waals surface area contributed by atoms with Crippen molar-refractivity contribution in [2.45, 2.75) is 5.92 Å². The fourth-order valence-corrected chi connectivity index (χ4v) is 2.92. The first-order chi connectivity index (χ1) is 7.99. The number of rotatable bonds is 2. The Labute approximate surface area is 110 Å². The van der Waals surface area contributed by atoms with Gasteiger partial charge in [-0.15, -0.1) is 0 Å². The molecular formula is C12H13Cl2NO2. The van der Waals surface area contributed by atoms with Gasteiger partial charge in [0.25, 0.3) is 0 Å². The number of likely N-dealkylation sites (N-methyl/N-ethyl adjacent to an activating group) is 1. The molecule has 0 spiro atoms. The Bertz CT molecular complexity index is 450. The first-order valence-electron chi connectivity index (χ1n) is 5.35. The van der Waals surface area contributed by atoms with Crippen molar-refractivity contribution in [3.63, 3.8) is 0 Å². The fourth-order valence-electron chi connectivity index (χ4n) is 2.37. The lowest BCUT2D eigenvalue weighted by molar-refractivity contribution is -0.141. The minimum absolute atomic E-state index is 0.0673. The van der Waals surface area contributed by atoms with Crippen LogP contribution in [0.25, 0.3) is 0 Å². The molecule has 1 saturated heterocycles. The number of nitrogens with zero attached hydrogens (tertiary/aromatic N) is 1. The van der Waals surface area contributed by atoms with Gasteiger partial charge in [0.1, 0.15) is 0 Å². The van der Waals surface area contributed by atoms with Gasteiger partial charge in [0.15, 0.2) is 0 Å². The number of benzene rings is 1. The highest BCUT2D eigenvalue weighted by Crippen LogP contribution is 2.36. The molecule has 1 heterocycles. The molecule has 1 aromatic carbocycles. The molecule has 1 N–H and O–H groups in total. The Morgan fingerprint density at radius 2 is 2.12 bits per heavy atom. The molecule has 1 aliphatic rings. The van der Waals surface area contributed by atoms with Crippen molar-refractivity contribution in [3.05, 3.63) is 33.8 Å². The monoisotopic (exact) mass is 273 g/mol. The number of carboxylic acids is 1. The Morgan fingerprint density at radius 1 is 1.41 bits per heavy atom. The molecule has 17 heavy (non-hydrogen) atoms. The van der Waals surface area contributed by atoms with E-state index in [-0.39, 0.29) is 5.92 Å². The normalized spacial score (nSPS) is 25.1. The smallest absolute Gasteiger partial charge is 0.308 e. The summed E-state index contributed by atoms with van der Waals surface area (Å²) in [5, 5.41) is 10.3. The molecular weight excluding hydrogens is 261 g/mol. The number of carbonyl (C=O) groups is 1. The molecule has 2 atom stereocenters. The van der Waals surface area contributed by atoms with Crippen LogP contribution >= 0.6 is 23.2 Å². The molecule has 0 aliphatic carbocycles. The number of aliphatic carboxylic acids is 1. The quantitative estimate of drug-likeness (QED) is 0.901. The molecule has 1 fully saturated rings. The van der Waals surface area contributed by atoms with Gasteiger partial charge in [-0.05, 0) is 24.7 Å². The van der Waals surface area contributed by atoms with E-state index in [2.05, 4.69) is 0 Å². The summed E-state index contributed by atoms with van der Waals surface area (Å²) >= 11 is 12.0. The number of carboxylic acid groups (broad SMARTS) is 1. The van der Waals surface area contributed by atoms with E-state index in [0.717, 1.165) is 5.56 Å². The standard InChI is InChI=1S/C12H13Cl2NO2/c1-15-5-9(10(6-15)12(16)17)8-3-2-7(13)4-11(8)14/h2-4,9-10H,5-6H2,1H3,(H,16,17)/t9-,10-/m1/s1. The van der Waals surface area contributed by atoms with Gasteiger partial charge in [-0.2, -0.15) is 0 Å². The van der Waals surface area contributed by atoms with Gasteiger partial charge in [0.05, 0.1) is 5.92 Å². The van der Waals surface area contributed by atoms with Crippen LogP contribution in [0.15, 0.2) is 18.2 Å². The van der Waals surface area contributed by atoms with Gasteiger partial charge in [-0.1, -0.05) is 29.3 Å². The van der Waals surface area contributed by atoms with Gasteiger partial charge in [-0.25, -0.2) is 0 Å². The zero-order valence-corrected chi connectivity index (χ0v) is 10.9. The zero-order valence-electron chi connectivity index (χ0n) is 9.36. The van der Waals surface area contributed by atoms with Gasteiger partial charge >= 0.3 is 5.97 Å². The summed E-state index contributed by atoms with van der Waals surface area (Å²) < 4.78 is 0. The van der Waals surface area contributed by atoms with Crippen LogP contribution in [0.5, 0.6) is 0 Å². The third-order valence-electron chi connectivity index (χ3n) is 3.18. The molecule has 1 aromatic rings. The molecule has 0 amide bonds. The van der Waals surface area contributed by atoms with Crippen LogP contribution in [0.3, 0.4) is 0 Å². The van der Waals surface area contributed by atoms with Crippen molar-refractivity contribution in [3.8, 4) is 0 Å². The molecule has 2 rings (SSSR count). The van der Waals surface area contributed by atoms with E-state index in [1.165, 1.54) is 0 Å². The van der Waals surface area contributed by atoms with E-state index in [0.29, 0.717) is 23.1 Å². The van der Waals surface area contributed by atoms with Gasteiger partial charge in [0.2, 0.25) is 0 Å². The molecule has 0 bridgehead atoms.